The second-order valence-electron chi connectivity index (χ2n) is 6.12. The van der Waals surface area contributed by atoms with E-state index < -0.39 is 17.0 Å². The highest BCUT2D eigenvalue weighted by molar-refractivity contribution is 6.31. The van der Waals surface area contributed by atoms with Crippen LogP contribution in [0.15, 0.2) is 47.3 Å². The van der Waals surface area contributed by atoms with Gasteiger partial charge in [0.1, 0.15) is 5.82 Å². The van der Waals surface area contributed by atoms with Crippen molar-refractivity contribution in [1.82, 2.24) is 14.9 Å². The highest BCUT2D eigenvalue weighted by Gasteiger charge is 2.17. The summed E-state index contributed by atoms with van der Waals surface area (Å²) in [7, 11) is 1.57. The summed E-state index contributed by atoms with van der Waals surface area (Å²) >= 11 is 5.98. The fraction of sp³-hybridized carbons (Fsp3) is 0.167. The van der Waals surface area contributed by atoms with Crippen molar-refractivity contribution in [3.63, 3.8) is 0 Å². The third-order valence-electron chi connectivity index (χ3n) is 4.14. The number of carbonyl (C=O) groups is 1. The lowest BCUT2D eigenvalue weighted by Gasteiger charge is -2.17. The van der Waals surface area contributed by atoms with E-state index in [1.54, 1.807) is 32.2 Å². The number of nitrogens with zero attached hydrogens (tertiary/aromatic N) is 3. The van der Waals surface area contributed by atoms with E-state index in [1.165, 1.54) is 28.8 Å². The SMILES string of the molecule is C[C@@H](NC(=O)Nc1ccc([N+](=O)[O-])cc1)c1nc2cc(Cl)ccc2c(=O)n1C. The molecular formula is C18H16ClN5O4. The molecule has 0 unspecified atom stereocenters. The van der Waals surface area contributed by atoms with Gasteiger partial charge in [-0.1, -0.05) is 11.6 Å². The summed E-state index contributed by atoms with van der Waals surface area (Å²) in [5.41, 5.74) is 0.506. The lowest BCUT2D eigenvalue weighted by molar-refractivity contribution is -0.384. The van der Waals surface area contributed by atoms with Gasteiger partial charge >= 0.3 is 6.03 Å². The number of fused-ring (bicyclic) bond motifs is 1. The zero-order valence-corrected chi connectivity index (χ0v) is 15.7. The summed E-state index contributed by atoms with van der Waals surface area (Å²) in [6.07, 6.45) is 0. The Hall–Kier alpha value is -3.46. The Morgan fingerprint density at radius 1 is 1.25 bits per heavy atom. The Morgan fingerprint density at radius 3 is 2.57 bits per heavy atom. The average Bonchev–Trinajstić information content (AvgIpc) is 2.64. The summed E-state index contributed by atoms with van der Waals surface area (Å²) < 4.78 is 1.37. The minimum absolute atomic E-state index is 0.0756. The van der Waals surface area contributed by atoms with E-state index in [2.05, 4.69) is 15.6 Å². The molecule has 0 spiro atoms. The van der Waals surface area contributed by atoms with Gasteiger partial charge in [-0.2, -0.15) is 0 Å². The molecule has 1 atom stereocenters. The number of halogens is 1. The van der Waals surface area contributed by atoms with Crippen molar-refractivity contribution < 1.29 is 9.72 Å². The molecule has 3 rings (SSSR count). The van der Waals surface area contributed by atoms with Crippen molar-refractivity contribution in [1.29, 1.82) is 0 Å². The molecule has 9 nitrogen and oxygen atoms in total. The lowest BCUT2D eigenvalue weighted by atomic mass is 10.2. The van der Waals surface area contributed by atoms with Crippen molar-refractivity contribution in [3.8, 4) is 0 Å². The molecule has 1 heterocycles. The van der Waals surface area contributed by atoms with E-state index in [4.69, 9.17) is 11.6 Å². The maximum atomic E-state index is 12.5. The van der Waals surface area contributed by atoms with Gasteiger partial charge in [0.05, 0.1) is 21.9 Å². The summed E-state index contributed by atoms with van der Waals surface area (Å²) in [5, 5.41) is 16.8. The molecule has 0 saturated carbocycles. The number of nitro benzene ring substituents is 1. The number of nitro groups is 1. The summed E-state index contributed by atoms with van der Waals surface area (Å²) in [6, 6.07) is 9.12. The van der Waals surface area contributed by atoms with E-state index in [-0.39, 0.29) is 11.2 Å². The van der Waals surface area contributed by atoms with Gasteiger partial charge in [-0.15, -0.1) is 0 Å². The molecule has 144 valence electrons. The molecule has 0 fully saturated rings. The van der Waals surface area contributed by atoms with Crippen LogP contribution in [0.5, 0.6) is 0 Å². The van der Waals surface area contributed by atoms with Crippen LogP contribution in [0, 0.1) is 10.1 Å². The zero-order chi connectivity index (χ0) is 20.4. The van der Waals surface area contributed by atoms with Crippen LogP contribution in [-0.4, -0.2) is 20.5 Å². The van der Waals surface area contributed by atoms with Gasteiger partial charge in [-0.05, 0) is 37.3 Å². The van der Waals surface area contributed by atoms with Gasteiger partial charge in [0.15, 0.2) is 0 Å². The maximum absolute atomic E-state index is 12.5. The standard InChI is InChI=1S/C18H16ClN5O4/c1-10(20-18(26)21-12-4-6-13(7-5-12)24(27)28)16-22-15-9-11(19)3-8-14(15)17(25)23(16)2/h3-10H,1-2H3,(H2,20,21,26)/t10-/m1/s1. The molecule has 0 saturated heterocycles. The van der Waals surface area contributed by atoms with Crippen LogP contribution >= 0.6 is 11.6 Å². The fourth-order valence-electron chi connectivity index (χ4n) is 2.74. The monoisotopic (exact) mass is 401 g/mol. The first-order valence-electron chi connectivity index (χ1n) is 8.24. The van der Waals surface area contributed by atoms with Crippen molar-refractivity contribution >= 4 is 39.9 Å². The Kier molecular flexibility index (Phi) is 5.27. The quantitative estimate of drug-likeness (QED) is 0.513. The number of anilines is 1. The smallest absolute Gasteiger partial charge is 0.319 e. The predicted octanol–water partition coefficient (Wildman–Crippen LogP) is 3.38. The lowest BCUT2D eigenvalue weighted by Crippen LogP contribution is -2.35. The molecule has 2 amide bonds. The largest absolute Gasteiger partial charge is 0.328 e. The minimum atomic E-state index is -0.584. The highest BCUT2D eigenvalue weighted by Crippen LogP contribution is 2.18. The maximum Gasteiger partial charge on any atom is 0.319 e. The van der Waals surface area contributed by atoms with Crippen LogP contribution < -0.4 is 16.2 Å². The number of aromatic nitrogens is 2. The minimum Gasteiger partial charge on any atom is -0.328 e. The van der Waals surface area contributed by atoms with E-state index in [1.807, 2.05) is 0 Å². The first-order chi connectivity index (χ1) is 13.3. The van der Waals surface area contributed by atoms with Gasteiger partial charge in [0, 0.05) is 29.9 Å². The summed E-state index contributed by atoms with van der Waals surface area (Å²) in [4.78, 5) is 39.4. The molecular weight excluding hydrogens is 386 g/mol. The molecule has 0 radical (unpaired) electrons. The number of amides is 2. The molecule has 0 aliphatic carbocycles. The van der Waals surface area contributed by atoms with Crippen molar-refractivity contribution in [2.75, 3.05) is 5.32 Å². The van der Waals surface area contributed by atoms with Crippen molar-refractivity contribution in [2.45, 2.75) is 13.0 Å². The van der Waals surface area contributed by atoms with E-state index in [0.29, 0.717) is 27.4 Å². The molecule has 2 N–H and O–H groups in total. The zero-order valence-electron chi connectivity index (χ0n) is 15.0. The topological polar surface area (TPSA) is 119 Å². The van der Waals surface area contributed by atoms with Crippen LogP contribution in [-0.2, 0) is 7.05 Å². The van der Waals surface area contributed by atoms with Gasteiger partial charge in [0.2, 0.25) is 0 Å². The third kappa shape index (κ3) is 3.94. The first kappa shape index (κ1) is 19.3. The second-order valence-corrected chi connectivity index (χ2v) is 6.56. The number of benzene rings is 2. The number of nitrogens with one attached hydrogen (secondary N) is 2. The second kappa shape index (κ2) is 7.65. The van der Waals surface area contributed by atoms with Crippen LogP contribution in [0.2, 0.25) is 5.02 Å². The first-order valence-corrected chi connectivity index (χ1v) is 8.62. The normalized spacial score (nSPS) is 11.8. The Bertz CT molecular complexity index is 1130. The Balaban J connectivity index is 1.79. The Morgan fingerprint density at radius 2 is 1.93 bits per heavy atom. The molecule has 3 aromatic rings. The molecule has 1 aromatic heterocycles. The fourth-order valence-corrected chi connectivity index (χ4v) is 2.91. The van der Waals surface area contributed by atoms with Gasteiger partial charge in [-0.25, -0.2) is 9.78 Å². The molecule has 10 heteroatoms. The molecule has 0 aliphatic heterocycles. The van der Waals surface area contributed by atoms with Gasteiger partial charge in [0.25, 0.3) is 11.2 Å². The number of non-ortho nitro benzene ring substituents is 1. The summed E-state index contributed by atoms with van der Waals surface area (Å²) in [6.45, 7) is 1.69. The molecule has 0 bridgehead atoms. The van der Waals surface area contributed by atoms with Gasteiger partial charge in [-0.3, -0.25) is 19.5 Å². The van der Waals surface area contributed by atoms with Crippen LogP contribution in [0.25, 0.3) is 10.9 Å². The average molecular weight is 402 g/mol. The number of urea groups is 1. The molecule has 0 aliphatic rings. The molecule has 2 aromatic carbocycles. The van der Waals surface area contributed by atoms with Crippen molar-refractivity contribution in [2.24, 2.45) is 7.05 Å². The number of carbonyl (C=O) groups excluding carboxylic acids is 1. The number of hydrogen-bond donors (Lipinski definition) is 2. The number of hydrogen-bond acceptors (Lipinski definition) is 5. The molecule has 28 heavy (non-hydrogen) atoms. The summed E-state index contributed by atoms with van der Waals surface area (Å²) in [5.74, 6) is 0.360. The highest BCUT2D eigenvalue weighted by atomic mass is 35.5. The number of rotatable bonds is 4. The third-order valence-corrected chi connectivity index (χ3v) is 4.38. The van der Waals surface area contributed by atoms with Crippen LogP contribution in [0.3, 0.4) is 0 Å². The van der Waals surface area contributed by atoms with E-state index >= 15 is 0 Å². The van der Waals surface area contributed by atoms with Crippen LogP contribution in [0.1, 0.15) is 18.8 Å². The Labute approximate surface area is 164 Å². The predicted molar refractivity (Wildman–Crippen MR) is 106 cm³/mol. The van der Waals surface area contributed by atoms with E-state index in [9.17, 15) is 19.7 Å². The van der Waals surface area contributed by atoms with Gasteiger partial charge < -0.3 is 10.6 Å². The van der Waals surface area contributed by atoms with Crippen LogP contribution in [0.4, 0.5) is 16.2 Å². The van der Waals surface area contributed by atoms with Crippen molar-refractivity contribution in [3.05, 3.63) is 73.8 Å². The van der Waals surface area contributed by atoms with E-state index in [0.717, 1.165) is 0 Å².